The number of rotatable bonds is 7. The van der Waals surface area contributed by atoms with E-state index in [-0.39, 0.29) is 11.7 Å². The number of nitrogens with one attached hydrogen (secondary N) is 1. The fraction of sp³-hybridized carbons (Fsp3) is 0.278. The van der Waals surface area contributed by atoms with Crippen LogP contribution in [0, 0.1) is 0 Å². The topological polar surface area (TPSA) is 47.6 Å². The lowest BCUT2D eigenvalue weighted by atomic mass is 10.0. The number of para-hydroxylation sites is 1. The summed E-state index contributed by atoms with van der Waals surface area (Å²) >= 11 is 0. The van der Waals surface area contributed by atoms with Gasteiger partial charge in [-0.3, -0.25) is 4.79 Å². The average Bonchev–Trinajstić information content (AvgIpc) is 2.59. The molecule has 1 N–H and O–H groups in total. The van der Waals surface area contributed by atoms with Gasteiger partial charge >= 0.3 is 6.61 Å². The lowest BCUT2D eigenvalue weighted by Gasteiger charge is -2.20. The first-order chi connectivity index (χ1) is 11.5. The van der Waals surface area contributed by atoms with E-state index in [0.717, 1.165) is 0 Å². The second-order valence-corrected chi connectivity index (χ2v) is 5.08. The smallest absolute Gasteiger partial charge is 0.387 e. The van der Waals surface area contributed by atoms with Crippen LogP contribution in [0.25, 0.3) is 0 Å². The third-order valence-corrected chi connectivity index (χ3v) is 3.56. The van der Waals surface area contributed by atoms with Gasteiger partial charge in [-0.25, -0.2) is 0 Å². The number of benzene rings is 2. The molecule has 0 fully saturated rings. The van der Waals surface area contributed by atoms with Gasteiger partial charge in [0.2, 0.25) is 0 Å². The van der Waals surface area contributed by atoms with Crippen molar-refractivity contribution in [2.24, 2.45) is 0 Å². The molecule has 0 aliphatic carbocycles. The molecule has 0 saturated heterocycles. The standard InChI is InChI=1S/C18H19F2NO3/c1-3-15(14-9-4-5-10-16(14)24-18(19)20)21-17(22)12-7-6-8-13(11-12)23-2/h4-11,15,18H,3H2,1-2H3,(H,21,22). The molecule has 0 heterocycles. The summed E-state index contributed by atoms with van der Waals surface area (Å²) in [5, 5.41) is 2.84. The number of amides is 1. The molecule has 1 unspecified atom stereocenters. The van der Waals surface area contributed by atoms with Crippen LogP contribution in [0.4, 0.5) is 8.78 Å². The Morgan fingerprint density at radius 1 is 1.17 bits per heavy atom. The number of halogens is 2. The van der Waals surface area contributed by atoms with Crippen LogP contribution in [-0.2, 0) is 0 Å². The molecule has 1 amide bonds. The van der Waals surface area contributed by atoms with Crippen molar-refractivity contribution in [1.82, 2.24) is 5.32 Å². The Morgan fingerprint density at radius 2 is 1.92 bits per heavy atom. The number of carbonyl (C=O) groups is 1. The van der Waals surface area contributed by atoms with Gasteiger partial charge in [-0.1, -0.05) is 31.2 Å². The first-order valence-corrected chi connectivity index (χ1v) is 7.53. The molecule has 2 rings (SSSR count). The first kappa shape index (κ1) is 17.7. The highest BCUT2D eigenvalue weighted by molar-refractivity contribution is 5.94. The van der Waals surface area contributed by atoms with Gasteiger partial charge in [-0.15, -0.1) is 0 Å². The molecule has 0 radical (unpaired) electrons. The van der Waals surface area contributed by atoms with Crippen molar-refractivity contribution in [2.45, 2.75) is 26.0 Å². The van der Waals surface area contributed by atoms with Crippen LogP contribution < -0.4 is 14.8 Å². The van der Waals surface area contributed by atoms with Crippen LogP contribution in [0.2, 0.25) is 0 Å². The van der Waals surface area contributed by atoms with Gasteiger partial charge in [-0.05, 0) is 30.7 Å². The van der Waals surface area contributed by atoms with Crippen molar-refractivity contribution < 1.29 is 23.0 Å². The Hall–Kier alpha value is -2.63. The van der Waals surface area contributed by atoms with Crippen molar-refractivity contribution in [2.75, 3.05) is 7.11 Å². The van der Waals surface area contributed by atoms with Crippen molar-refractivity contribution in [3.8, 4) is 11.5 Å². The molecule has 0 bridgehead atoms. The summed E-state index contributed by atoms with van der Waals surface area (Å²) in [4.78, 5) is 12.4. The molecular formula is C18H19F2NO3. The second kappa shape index (κ2) is 8.29. The highest BCUT2D eigenvalue weighted by Gasteiger charge is 2.19. The highest BCUT2D eigenvalue weighted by Crippen LogP contribution is 2.28. The van der Waals surface area contributed by atoms with E-state index in [1.54, 1.807) is 42.5 Å². The van der Waals surface area contributed by atoms with E-state index in [0.29, 0.717) is 23.3 Å². The lowest BCUT2D eigenvalue weighted by Crippen LogP contribution is -2.28. The molecule has 4 nitrogen and oxygen atoms in total. The zero-order valence-corrected chi connectivity index (χ0v) is 13.5. The van der Waals surface area contributed by atoms with Crippen LogP contribution in [-0.4, -0.2) is 19.6 Å². The molecule has 128 valence electrons. The molecule has 24 heavy (non-hydrogen) atoms. The SMILES string of the molecule is CCC(NC(=O)c1cccc(OC)c1)c1ccccc1OC(F)F. The van der Waals surface area contributed by atoms with E-state index >= 15 is 0 Å². The summed E-state index contributed by atoms with van der Waals surface area (Å²) < 4.78 is 34.8. The summed E-state index contributed by atoms with van der Waals surface area (Å²) in [5.41, 5.74) is 0.941. The molecule has 0 aromatic heterocycles. The third kappa shape index (κ3) is 4.44. The van der Waals surface area contributed by atoms with Gasteiger partial charge in [0.05, 0.1) is 13.2 Å². The number of ether oxygens (including phenoxy) is 2. The Bertz CT molecular complexity index is 691. The number of hydrogen-bond acceptors (Lipinski definition) is 3. The largest absolute Gasteiger partial charge is 0.497 e. The summed E-state index contributed by atoms with van der Waals surface area (Å²) in [5.74, 6) is 0.315. The molecule has 2 aromatic rings. The predicted molar refractivity (Wildman–Crippen MR) is 86.6 cm³/mol. The minimum Gasteiger partial charge on any atom is -0.497 e. The number of methoxy groups -OCH3 is 1. The van der Waals surface area contributed by atoms with E-state index in [4.69, 9.17) is 4.74 Å². The van der Waals surface area contributed by atoms with Gasteiger partial charge in [0.1, 0.15) is 11.5 Å². The predicted octanol–water partition coefficient (Wildman–Crippen LogP) is 4.18. The molecule has 1 atom stereocenters. The van der Waals surface area contributed by atoms with E-state index < -0.39 is 12.7 Å². The first-order valence-electron chi connectivity index (χ1n) is 7.53. The Kier molecular flexibility index (Phi) is 6.12. The van der Waals surface area contributed by atoms with Crippen LogP contribution in [0.5, 0.6) is 11.5 Å². The molecule has 0 aliphatic rings. The van der Waals surface area contributed by atoms with Crippen molar-refractivity contribution in [3.05, 3.63) is 59.7 Å². The zero-order chi connectivity index (χ0) is 17.5. The summed E-state index contributed by atoms with van der Waals surface area (Å²) in [6, 6.07) is 12.7. The zero-order valence-electron chi connectivity index (χ0n) is 13.5. The Morgan fingerprint density at radius 3 is 2.58 bits per heavy atom. The van der Waals surface area contributed by atoms with E-state index in [9.17, 15) is 13.6 Å². The Labute approximate surface area is 139 Å². The van der Waals surface area contributed by atoms with Gasteiger partial charge in [-0.2, -0.15) is 8.78 Å². The number of hydrogen-bond donors (Lipinski definition) is 1. The van der Waals surface area contributed by atoms with Gasteiger partial charge in [0.15, 0.2) is 0 Å². The molecular weight excluding hydrogens is 316 g/mol. The van der Waals surface area contributed by atoms with Crippen LogP contribution in [0.15, 0.2) is 48.5 Å². The maximum atomic E-state index is 12.6. The quantitative estimate of drug-likeness (QED) is 0.826. The number of alkyl halides is 2. The molecule has 0 spiro atoms. The molecule has 2 aromatic carbocycles. The van der Waals surface area contributed by atoms with Crippen LogP contribution >= 0.6 is 0 Å². The molecule has 0 saturated carbocycles. The fourth-order valence-corrected chi connectivity index (χ4v) is 2.38. The normalized spacial score (nSPS) is 11.9. The fourth-order valence-electron chi connectivity index (χ4n) is 2.38. The third-order valence-electron chi connectivity index (χ3n) is 3.56. The van der Waals surface area contributed by atoms with Crippen LogP contribution in [0.1, 0.15) is 35.3 Å². The van der Waals surface area contributed by atoms with Crippen molar-refractivity contribution in [1.29, 1.82) is 0 Å². The van der Waals surface area contributed by atoms with Crippen molar-refractivity contribution >= 4 is 5.91 Å². The van der Waals surface area contributed by atoms with Gasteiger partial charge in [0.25, 0.3) is 5.91 Å². The summed E-state index contributed by atoms with van der Waals surface area (Å²) in [6.45, 7) is -1.06. The van der Waals surface area contributed by atoms with Crippen molar-refractivity contribution in [3.63, 3.8) is 0 Å². The van der Waals surface area contributed by atoms with Gasteiger partial charge < -0.3 is 14.8 Å². The average molecular weight is 335 g/mol. The second-order valence-electron chi connectivity index (χ2n) is 5.08. The van der Waals surface area contributed by atoms with Gasteiger partial charge in [0, 0.05) is 11.1 Å². The van der Waals surface area contributed by atoms with E-state index in [2.05, 4.69) is 10.1 Å². The minimum absolute atomic E-state index is 0.0605. The molecule has 0 aliphatic heterocycles. The maximum Gasteiger partial charge on any atom is 0.387 e. The number of carbonyl (C=O) groups excluding carboxylic acids is 1. The molecule has 6 heteroatoms. The maximum absolute atomic E-state index is 12.6. The Balaban J connectivity index is 2.21. The summed E-state index contributed by atoms with van der Waals surface area (Å²) in [6.07, 6.45) is 0.527. The highest BCUT2D eigenvalue weighted by atomic mass is 19.3. The monoisotopic (exact) mass is 335 g/mol. The van der Waals surface area contributed by atoms with E-state index in [1.165, 1.54) is 13.2 Å². The minimum atomic E-state index is -2.92. The van der Waals surface area contributed by atoms with E-state index in [1.807, 2.05) is 6.92 Å². The lowest BCUT2D eigenvalue weighted by molar-refractivity contribution is -0.0506. The van der Waals surface area contributed by atoms with Crippen LogP contribution in [0.3, 0.4) is 0 Å². The summed E-state index contributed by atoms with van der Waals surface area (Å²) in [7, 11) is 1.52.